The first kappa shape index (κ1) is 14.8. The maximum atomic E-state index is 12.1. The first-order valence-corrected chi connectivity index (χ1v) is 7.42. The van der Waals surface area contributed by atoms with Crippen LogP contribution >= 0.6 is 0 Å². The van der Waals surface area contributed by atoms with Crippen molar-refractivity contribution in [2.75, 3.05) is 19.8 Å². The van der Waals surface area contributed by atoms with E-state index >= 15 is 0 Å². The third kappa shape index (κ3) is 4.44. The largest absolute Gasteiger partial charge is 0.381 e. The molecule has 2 fully saturated rings. The number of nitrogens with one attached hydrogen (secondary N) is 1. The van der Waals surface area contributed by atoms with Crippen molar-refractivity contribution in [2.24, 2.45) is 11.7 Å². The van der Waals surface area contributed by atoms with Gasteiger partial charge in [0, 0.05) is 25.9 Å². The second kappa shape index (κ2) is 7.22. The van der Waals surface area contributed by atoms with Crippen molar-refractivity contribution in [3.63, 3.8) is 0 Å². The second-order valence-electron chi connectivity index (χ2n) is 5.76. The fraction of sp³-hybridized carbons (Fsp3) is 0.929. The van der Waals surface area contributed by atoms with E-state index in [4.69, 9.17) is 15.2 Å². The van der Waals surface area contributed by atoms with Crippen molar-refractivity contribution < 1.29 is 14.3 Å². The van der Waals surface area contributed by atoms with Gasteiger partial charge in [0.2, 0.25) is 5.91 Å². The first-order valence-electron chi connectivity index (χ1n) is 7.42. The molecule has 0 bridgehead atoms. The molecule has 3 unspecified atom stereocenters. The summed E-state index contributed by atoms with van der Waals surface area (Å²) < 4.78 is 10.9. The van der Waals surface area contributed by atoms with Crippen LogP contribution in [0.25, 0.3) is 0 Å². The van der Waals surface area contributed by atoms with Gasteiger partial charge in [-0.3, -0.25) is 4.79 Å². The second-order valence-corrected chi connectivity index (χ2v) is 5.76. The Kier molecular flexibility index (Phi) is 5.60. The maximum Gasteiger partial charge on any atom is 0.237 e. The van der Waals surface area contributed by atoms with Crippen molar-refractivity contribution in [3.05, 3.63) is 0 Å². The van der Waals surface area contributed by atoms with Gasteiger partial charge >= 0.3 is 0 Å². The Hall–Kier alpha value is -0.650. The molecule has 0 spiro atoms. The molecule has 2 heterocycles. The van der Waals surface area contributed by atoms with Crippen molar-refractivity contribution in [1.29, 1.82) is 0 Å². The van der Waals surface area contributed by atoms with Crippen LogP contribution in [0.15, 0.2) is 0 Å². The Morgan fingerprint density at radius 1 is 1.32 bits per heavy atom. The molecule has 19 heavy (non-hydrogen) atoms. The van der Waals surface area contributed by atoms with Gasteiger partial charge in [-0.05, 0) is 44.9 Å². The van der Waals surface area contributed by atoms with Crippen molar-refractivity contribution in [1.82, 2.24) is 5.32 Å². The van der Waals surface area contributed by atoms with Crippen LogP contribution in [0.4, 0.5) is 0 Å². The summed E-state index contributed by atoms with van der Waals surface area (Å²) in [6.45, 7) is 4.32. The monoisotopic (exact) mass is 270 g/mol. The minimum absolute atomic E-state index is 0.0302. The number of amides is 1. The fourth-order valence-electron chi connectivity index (χ4n) is 2.91. The highest BCUT2D eigenvalue weighted by atomic mass is 16.5. The van der Waals surface area contributed by atoms with E-state index in [0.29, 0.717) is 6.10 Å². The average Bonchev–Trinajstić information content (AvgIpc) is 2.91. The smallest absolute Gasteiger partial charge is 0.237 e. The summed E-state index contributed by atoms with van der Waals surface area (Å²) in [4.78, 5) is 12.1. The highest BCUT2D eigenvalue weighted by molar-refractivity contribution is 5.82. The highest BCUT2D eigenvalue weighted by Gasteiger charge is 2.28. The summed E-state index contributed by atoms with van der Waals surface area (Å²) in [6.07, 6.45) is 5.18. The van der Waals surface area contributed by atoms with E-state index in [1.54, 1.807) is 0 Å². The van der Waals surface area contributed by atoms with Gasteiger partial charge in [0.1, 0.15) is 0 Å². The predicted octanol–water partition coefficient (Wildman–Crippen LogP) is 0.814. The summed E-state index contributed by atoms with van der Waals surface area (Å²) in [7, 11) is 0. The van der Waals surface area contributed by atoms with Crippen LogP contribution in [0.1, 0.15) is 39.0 Å². The van der Waals surface area contributed by atoms with Crippen LogP contribution in [0.3, 0.4) is 0 Å². The maximum absolute atomic E-state index is 12.1. The molecule has 0 aromatic rings. The van der Waals surface area contributed by atoms with Gasteiger partial charge in [0.05, 0.1) is 12.1 Å². The van der Waals surface area contributed by atoms with Crippen molar-refractivity contribution in [3.8, 4) is 0 Å². The quantitative estimate of drug-likeness (QED) is 0.775. The van der Waals surface area contributed by atoms with E-state index in [-0.39, 0.29) is 17.9 Å². The molecule has 0 aromatic heterocycles. The molecule has 5 nitrogen and oxygen atoms in total. The Balaban J connectivity index is 1.72. The van der Waals surface area contributed by atoms with Crippen molar-refractivity contribution >= 4 is 5.91 Å². The lowest BCUT2D eigenvalue weighted by Crippen LogP contribution is -2.49. The number of rotatable bonds is 5. The molecule has 0 saturated carbocycles. The topological polar surface area (TPSA) is 73.6 Å². The Morgan fingerprint density at radius 3 is 2.68 bits per heavy atom. The molecule has 5 heteroatoms. The summed E-state index contributed by atoms with van der Waals surface area (Å²) in [6, 6.07) is -0.280. The molecule has 110 valence electrons. The lowest BCUT2D eigenvalue weighted by molar-refractivity contribution is -0.125. The number of ether oxygens (including phenoxy) is 2. The van der Waals surface area contributed by atoms with Crippen molar-refractivity contribution in [2.45, 2.75) is 57.2 Å². The number of hydrogen-bond donors (Lipinski definition) is 2. The van der Waals surface area contributed by atoms with Crippen LogP contribution in [0.5, 0.6) is 0 Å². The van der Waals surface area contributed by atoms with E-state index in [1.165, 1.54) is 0 Å². The number of carbonyl (C=O) groups is 1. The van der Waals surface area contributed by atoms with Gasteiger partial charge in [-0.2, -0.15) is 0 Å². The summed E-state index contributed by atoms with van der Waals surface area (Å²) in [5, 5.41) is 3.02. The molecule has 1 amide bonds. The average molecular weight is 270 g/mol. The molecule has 3 N–H and O–H groups in total. The van der Waals surface area contributed by atoms with Crippen LogP contribution in [-0.4, -0.2) is 43.9 Å². The molecule has 2 saturated heterocycles. The lowest BCUT2D eigenvalue weighted by Gasteiger charge is -2.28. The van der Waals surface area contributed by atoms with Crippen LogP contribution in [0, 0.1) is 5.92 Å². The molecule has 3 atom stereocenters. The Morgan fingerprint density at radius 2 is 2.05 bits per heavy atom. The van der Waals surface area contributed by atoms with Gasteiger partial charge in [-0.15, -0.1) is 0 Å². The molecule has 2 rings (SSSR count). The standard InChI is InChI=1S/C14H26N2O3/c1-10(9-12-3-2-6-19-12)16-14(17)13(15)11-4-7-18-8-5-11/h10-13H,2-9,15H2,1H3,(H,16,17). The van der Waals surface area contributed by atoms with Gasteiger partial charge in [-0.25, -0.2) is 0 Å². The van der Waals surface area contributed by atoms with Gasteiger partial charge in [0.25, 0.3) is 0 Å². The minimum atomic E-state index is -0.407. The van der Waals surface area contributed by atoms with E-state index in [0.717, 1.165) is 51.9 Å². The van der Waals surface area contributed by atoms with Gasteiger partial charge in [0.15, 0.2) is 0 Å². The highest BCUT2D eigenvalue weighted by Crippen LogP contribution is 2.19. The third-order valence-corrected chi connectivity index (χ3v) is 4.11. The van der Waals surface area contributed by atoms with Gasteiger partial charge < -0.3 is 20.5 Å². The van der Waals surface area contributed by atoms with E-state index in [9.17, 15) is 4.79 Å². The summed E-state index contributed by atoms with van der Waals surface area (Å²) in [5.74, 6) is 0.223. The van der Waals surface area contributed by atoms with Crippen LogP contribution < -0.4 is 11.1 Å². The number of carbonyl (C=O) groups excluding carboxylic acids is 1. The van der Waals surface area contributed by atoms with Crippen LogP contribution in [0.2, 0.25) is 0 Å². The minimum Gasteiger partial charge on any atom is -0.381 e. The van der Waals surface area contributed by atoms with Crippen LogP contribution in [-0.2, 0) is 14.3 Å². The van der Waals surface area contributed by atoms with E-state index < -0.39 is 6.04 Å². The predicted molar refractivity (Wildman–Crippen MR) is 72.7 cm³/mol. The molecule has 2 aliphatic heterocycles. The zero-order chi connectivity index (χ0) is 13.7. The lowest BCUT2D eigenvalue weighted by atomic mass is 9.91. The molecular formula is C14H26N2O3. The SMILES string of the molecule is CC(CC1CCCO1)NC(=O)C(N)C1CCOCC1. The molecule has 0 aromatic carbocycles. The molecular weight excluding hydrogens is 244 g/mol. The first-order chi connectivity index (χ1) is 9.16. The number of nitrogens with two attached hydrogens (primary N) is 1. The zero-order valence-corrected chi connectivity index (χ0v) is 11.8. The Bertz CT molecular complexity index is 286. The number of hydrogen-bond acceptors (Lipinski definition) is 4. The molecule has 0 radical (unpaired) electrons. The summed E-state index contributed by atoms with van der Waals surface area (Å²) >= 11 is 0. The fourth-order valence-corrected chi connectivity index (χ4v) is 2.91. The third-order valence-electron chi connectivity index (χ3n) is 4.11. The van der Waals surface area contributed by atoms with Gasteiger partial charge in [-0.1, -0.05) is 0 Å². The Labute approximate surface area is 115 Å². The normalized spacial score (nSPS) is 28.0. The van der Waals surface area contributed by atoms with E-state index in [2.05, 4.69) is 5.32 Å². The molecule has 0 aliphatic carbocycles. The summed E-state index contributed by atoms with van der Waals surface area (Å²) in [5.41, 5.74) is 6.05. The van der Waals surface area contributed by atoms with E-state index in [1.807, 2.05) is 6.92 Å². The zero-order valence-electron chi connectivity index (χ0n) is 11.8. The molecule has 2 aliphatic rings.